The zero-order chi connectivity index (χ0) is 11.1. The zero-order valence-electron chi connectivity index (χ0n) is 8.85. The van der Waals surface area contributed by atoms with Crippen LogP contribution in [0.4, 0.5) is 0 Å². The van der Waals surface area contributed by atoms with E-state index in [0.29, 0.717) is 27.3 Å². The summed E-state index contributed by atoms with van der Waals surface area (Å²) in [6.45, 7) is 2.01. The number of carbonyl (C=O) groups is 1. The van der Waals surface area contributed by atoms with E-state index in [-0.39, 0.29) is 0 Å². The first-order chi connectivity index (χ1) is 7.18. The van der Waals surface area contributed by atoms with Gasteiger partial charge in [0.15, 0.2) is 0 Å². The topological polar surface area (TPSA) is 37.3 Å². The van der Waals surface area contributed by atoms with Crippen LogP contribution in [-0.2, 0) is 4.79 Å². The summed E-state index contributed by atoms with van der Waals surface area (Å²) in [5.41, 5.74) is 0. The molecule has 0 heterocycles. The Hall–Kier alpha value is -0.791. The molecular formula is C12H16O2Se. The van der Waals surface area contributed by atoms with Crippen LogP contribution in [0.25, 0.3) is 0 Å². The molecule has 1 unspecified atom stereocenters. The maximum absolute atomic E-state index is 10.4. The first-order valence-electron chi connectivity index (χ1n) is 5.08. The van der Waals surface area contributed by atoms with Crippen molar-refractivity contribution in [2.24, 2.45) is 5.92 Å². The molecule has 1 aromatic rings. The number of carboxylic acid groups (broad SMARTS) is 1. The summed E-state index contributed by atoms with van der Waals surface area (Å²) in [7, 11) is 0. The van der Waals surface area contributed by atoms with Gasteiger partial charge in [0.25, 0.3) is 0 Å². The first-order valence-corrected chi connectivity index (χ1v) is 7.15. The zero-order valence-corrected chi connectivity index (χ0v) is 10.6. The van der Waals surface area contributed by atoms with Gasteiger partial charge in [0.05, 0.1) is 0 Å². The van der Waals surface area contributed by atoms with Crippen LogP contribution in [-0.4, -0.2) is 26.0 Å². The van der Waals surface area contributed by atoms with Crippen molar-refractivity contribution in [3.05, 3.63) is 30.3 Å². The van der Waals surface area contributed by atoms with Crippen molar-refractivity contribution in [1.29, 1.82) is 0 Å². The monoisotopic (exact) mass is 272 g/mol. The Kier molecular flexibility index (Phi) is 5.44. The van der Waals surface area contributed by atoms with E-state index in [2.05, 4.69) is 24.3 Å². The summed E-state index contributed by atoms with van der Waals surface area (Å²) in [5.74, 6) is -0.386. The fourth-order valence-corrected chi connectivity index (χ4v) is 3.61. The van der Waals surface area contributed by atoms with Crippen molar-refractivity contribution < 1.29 is 9.90 Å². The summed E-state index contributed by atoms with van der Waals surface area (Å²) in [4.78, 5) is 10.4. The van der Waals surface area contributed by atoms with Crippen molar-refractivity contribution in [2.75, 3.05) is 0 Å². The molecule has 0 amide bonds. The van der Waals surface area contributed by atoms with Gasteiger partial charge in [-0.1, -0.05) is 0 Å². The molecule has 0 spiro atoms. The number of carboxylic acids is 1. The van der Waals surface area contributed by atoms with E-state index < -0.39 is 5.97 Å². The van der Waals surface area contributed by atoms with Crippen molar-refractivity contribution >= 4 is 25.4 Å². The quantitative estimate of drug-likeness (QED) is 0.803. The average molecular weight is 271 g/mol. The van der Waals surface area contributed by atoms with Gasteiger partial charge in [-0.2, -0.15) is 0 Å². The van der Waals surface area contributed by atoms with Crippen LogP contribution in [0.5, 0.6) is 0 Å². The summed E-state index contributed by atoms with van der Waals surface area (Å²) >= 11 is 0.494. The molecule has 0 aliphatic rings. The molecule has 1 N–H and O–H groups in total. The third-order valence-electron chi connectivity index (χ3n) is 2.15. The molecule has 0 fully saturated rings. The van der Waals surface area contributed by atoms with Crippen molar-refractivity contribution in [1.82, 2.24) is 0 Å². The van der Waals surface area contributed by atoms with E-state index in [0.717, 1.165) is 11.7 Å². The van der Waals surface area contributed by atoms with Gasteiger partial charge in [-0.25, -0.2) is 0 Å². The van der Waals surface area contributed by atoms with E-state index in [4.69, 9.17) is 5.11 Å². The van der Waals surface area contributed by atoms with Crippen LogP contribution in [0.3, 0.4) is 0 Å². The van der Waals surface area contributed by atoms with Gasteiger partial charge in [-0.3, -0.25) is 0 Å². The van der Waals surface area contributed by atoms with E-state index in [1.54, 1.807) is 0 Å². The van der Waals surface area contributed by atoms with Crippen LogP contribution >= 0.6 is 0 Å². The van der Waals surface area contributed by atoms with Gasteiger partial charge < -0.3 is 0 Å². The molecule has 0 aromatic heterocycles. The van der Waals surface area contributed by atoms with E-state index in [1.165, 1.54) is 4.46 Å². The van der Waals surface area contributed by atoms with Gasteiger partial charge in [-0.05, 0) is 0 Å². The van der Waals surface area contributed by atoms with Gasteiger partial charge in [0, 0.05) is 0 Å². The van der Waals surface area contributed by atoms with Gasteiger partial charge in [0.1, 0.15) is 0 Å². The molecule has 1 rings (SSSR count). The molecule has 3 heteroatoms. The predicted molar refractivity (Wildman–Crippen MR) is 62.7 cm³/mol. The van der Waals surface area contributed by atoms with Crippen LogP contribution in [0, 0.1) is 5.92 Å². The molecule has 0 aliphatic heterocycles. The SMILES string of the molecule is CC(CC[Se]c1ccccc1)CC(=O)O. The Morgan fingerprint density at radius 3 is 2.67 bits per heavy atom. The Bertz CT molecular complexity index is 298. The summed E-state index contributed by atoms with van der Waals surface area (Å²) < 4.78 is 1.40. The van der Waals surface area contributed by atoms with E-state index in [1.807, 2.05) is 13.0 Å². The van der Waals surface area contributed by atoms with E-state index >= 15 is 0 Å². The molecule has 1 atom stereocenters. The third-order valence-corrected chi connectivity index (χ3v) is 4.34. The van der Waals surface area contributed by atoms with Gasteiger partial charge in [0.2, 0.25) is 0 Å². The molecule has 0 bridgehead atoms. The number of hydrogen-bond donors (Lipinski definition) is 1. The minimum atomic E-state index is -0.685. The van der Waals surface area contributed by atoms with Crippen LogP contribution < -0.4 is 4.46 Å². The second kappa shape index (κ2) is 6.65. The average Bonchev–Trinajstić information content (AvgIpc) is 2.18. The minimum absolute atomic E-state index is 0.296. The number of hydrogen-bond acceptors (Lipinski definition) is 1. The number of aliphatic carboxylic acids is 1. The molecule has 15 heavy (non-hydrogen) atoms. The summed E-state index contributed by atoms with van der Waals surface area (Å²) in [5, 5.41) is 9.74. The Morgan fingerprint density at radius 1 is 1.40 bits per heavy atom. The second-order valence-electron chi connectivity index (χ2n) is 3.65. The van der Waals surface area contributed by atoms with Crippen LogP contribution in [0.1, 0.15) is 19.8 Å². The van der Waals surface area contributed by atoms with Crippen molar-refractivity contribution in [3.63, 3.8) is 0 Å². The molecule has 82 valence electrons. The van der Waals surface area contributed by atoms with Crippen molar-refractivity contribution in [2.45, 2.75) is 25.1 Å². The van der Waals surface area contributed by atoms with Crippen molar-refractivity contribution in [3.8, 4) is 0 Å². The fourth-order valence-electron chi connectivity index (χ4n) is 1.29. The normalized spacial score (nSPS) is 12.3. The van der Waals surface area contributed by atoms with Gasteiger partial charge >= 0.3 is 96.6 Å². The van der Waals surface area contributed by atoms with E-state index in [9.17, 15) is 4.79 Å². The second-order valence-corrected chi connectivity index (χ2v) is 6.10. The Labute approximate surface area is 96.9 Å². The molecule has 0 radical (unpaired) electrons. The standard InChI is InChI=1S/C12H16O2Se/c1-10(9-12(13)14)7-8-15-11-5-3-2-4-6-11/h2-6,10H,7-9H2,1H3,(H,13,14). The first kappa shape index (κ1) is 12.3. The summed E-state index contributed by atoms with van der Waals surface area (Å²) in [6.07, 6.45) is 1.31. The fraction of sp³-hybridized carbons (Fsp3) is 0.417. The summed E-state index contributed by atoms with van der Waals surface area (Å²) in [6, 6.07) is 10.4. The van der Waals surface area contributed by atoms with Crippen LogP contribution in [0.2, 0.25) is 5.32 Å². The number of benzene rings is 1. The third kappa shape index (κ3) is 5.60. The maximum atomic E-state index is 10.4. The molecule has 1 aromatic carbocycles. The molecule has 0 saturated heterocycles. The predicted octanol–water partition coefficient (Wildman–Crippen LogP) is 1.94. The molecule has 0 aliphatic carbocycles. The molecular weight excluding hydrogens is 255 g/mol. The Morgan fingerprint density at radius 2 is 2.07 bits per heavy atom. The Balaban J connectivity index is 2.19. The molecule has 0 saturated carbocycles. The molecule has 2 nitrogen and oxygen atoms in total. The van der Waals surface area contributed by atoms with Gasteiger partial charge in [-0.15, -0.1) is 0 Å². The van der Waals surface area contributed by atoms with Crippen LogP contribution in [0.15, 0.2) is 30.3 Å². The number of rotatable bonds is 6.